The maximum Gasteiger partial charge on any atom is 0.333 e. The third kappa shape index (κ3) is 2.99. The zero-order chi connectivity index (χ0) is 14.0. The van der Waals surface area contributed by atoms with Gasteiger partial charge < -0.3 is 9.47 Å². The van der Waals surface area contributed by atoms with Gasteiger partial charge in [-0.1, -0.05) is 13.5 Å². The zero-order valence-electron chi connectivity index (χ0n) is 11.7. The molecule has 0 bridgehead atoms. The van der Waals surface area contributed by atoms with Gasteiger partial charge in [-0.3, -0.25) is 4.79 Å². The lowest BCUT2D eigenvalue weighted by Gasteiger charge is -2.35. The predicted octanol–water partition coefficient (Wildman–Crippen LogP) is 2.76. The van der Waals surface area contributed by atoms with Crippen LogP contribution in [0.5, 0.6) is 0 Å². The Morgan fingerprint density at radius 3 is 2.58 bits per heavy atom. The van der Waals surface area contributed by atoms with E-state index in [-0.39, 0.29) is 29.6 Å². The van der Waals surface area contributed by atoms with E-state index in [1.165, 1.54) is 0 Å². The summed E-state index contributed by atoms with van der Waals surface area (Å²) in [6, 6.07) is 0. The largest absolute Gasteiger partial charge is 0.459 e. The lowest BCUT2D eigenvalue weighted by molar-refractivity contribution is -0.159. The quantitative estimate of drug-likeness (QED) is 0.582. The van der Waals surface area contributed by atoms with E-state index in [2.05, 4.69) is 6.58 Å². The maximum absolute atomic E-state index is 11.7. The Bertz CT molecular complexity index is 391. The summed E-state index contributed by atoms with van der Waals surface area (Å²) in [5.41, 5.74) is 0.141. The molecule has 0 N–H and O–H groups in total. The second-order valence-corrected chi connectivity index (χ2v) is 5.80. The maximum atomic E-state index is 11.7. The first-order valence-corrected chi connectivity index (χ1v) is 7.05. The van der Waals surface area contributed by atoms with Gasteiger partial charge in [0, 0.05) is 12.0 Å². The molecule has 0 aromatic rings. The van der Waals surface area contributed by atoms with Gasteiger partial charge in [0.05, 0.1) is 5.92 Å². The molecule has 19 heavy (non-hydrogen) atoms. The Balaban J connectivity index is 1.88. The molecule has 1 atom stereocenters. The van der Waals surface area contributed by atoms with Gasteiger partial charge in [-0.25, -0.2) is 4.79 Å². The van der Waals surface area contributed by atoms with Gasteiger partial charge in [0.1, 0.15) is 11.7 Å². The first kappa shape index (κ1) is 14.1. The smallest absolute Gasteiger partial charge is 0.333 e. The van der Waals surface area contributed by atoms with E-state index in [1.54, 1.807) is 6.92 Å². The van der Waals surface area contributed by atoms with E-state index < -0.39 is 0 Å². The Morgan fingerprint density at radius 2 is 2.11 bits per heavy atom. The van der Waals surface area contributed by atoms with Crippen molar-refractivity contribution in [2.75, 3.05) is 0 Å². The minimum atomic E-state index is -0.323. The van der Waals surface area contributed by atoms with Crippen LogP contribution >= 0.6 is 0 Å². The summed E-state index contributed by atoms with van der Waals surface area (Å²) in [5, 5.41) is 0. The van der Waals surface area contributed by atoms with Crippen LogP contribution in [0.25, 0.3) is 0 Å². The van der Waals surface area contributed by atoms with Crippen LogP contribution in [0.1, 0.15) is 52.4 Å². The average Bonchev–Trinajstić information content (AvgIpc) is 2.68. The van der Waals surface area contributed by atoms with Crippen molar-refractivity contribution >= 4 is 11.9 Å². The van der Waals surface area contributed by atoms with Gasteiger partial charge in [-0.2, -0.15) is 0 Å². The van der Waals surface area contributed by atoms with Crippen molar-refractivity contribution in [3.05, 3.63) is 12.2 Å². The summed E-state index contributed by atoms with van der Waals surface area (Å²) in [5.74, 6) is -0.329. The fraction of sp³-hybridized carbons (Fsp3) is 0.733. The van der Waals surface area contributed by atoms with Gasteiger partial charge in [-0.05, 0) is 39.0 Å². The Hall–Kier alpha value is -1.32. The van der Waals surface area contributed by atoms with Gasteiger partial charge in [0.25, 0.3) is 0 Å². The number of hydrogen-bond donors (Lipinski definition) is 0. The highest BCUT2D eigenvalue weighted by Gasteiger charge is 2.48. The topological polar surface area (TPSA) is 52.6 Å². The predicted molar refractivity (Wildman–Crippen MR) is 70.4 cm³/mol. The molecule has 4 nitrogen and oxygen atoms in total. The van der Waals surface area contributed by atoms with Crippen LogP contribution in [0.3, 0.4) is 0 Å². The molecule has 1 saturated carbocycles. The summed E-state index contributed by atoms with van der Waals surface area (Å²) < 4.78 is 11.0. The van der Waals surface area contributed by atoms with Crippen LogP contribution in [0.15, 0.2) is 12.2 Å². The van der Waals surface area contributed by atoms with Crippen molar-refractivity contribution in [2.45, 2.75) is 64.1 Å². The van der Waals surface area contributed by atoms with Crippen LogP contribution in [-0.2, 0) is 19.1 Å². The summed E-state index contributed by atoms with van der Waals surface area (Å²) in [7, 11) is 0. The molecule has 0 aromatic carbocycles. The lowest BCUT2D eigenvalue weighted by atomic mass is 9.79. The highest BCUT2D eigenvalue weighted by molar-refractivity contribution is 5.87. The number of rotatable bonds is 3. The van der Waals surface area contributed by atoms with E-state index in [1.807, 2.05) is 6.92 Å². The van der Waals surface area contributed by atoms with Crippen LogP contribution in [-0.4, -0.2) is 23.6 Å². The van der Waals surface area contributed by atoms with E-state index >= 15 is 0 Å². The monoisotopic (exact) mass is 266 g/mol. The second-order valence-electron chi connectivity index (χ2n) is 5.80. The molecular weight excluding hydrogens is 244 g/mol. The van der Waals surface area contributed by atoms with Crippen molar-refractivity contribution in [3.63, 3.8) is 0 Å². The number of carbonyl (C=O) groups excluding carboxylic acids is 2. The average molecular weight is 266 g/mol. The number of hydrogen-bond acceptors (Lipinski definition) is 4. The number of esters is 2. The molecule has 1 heterocycles. The molecule has 0 radical (unpaired) electrons. The summed E-state index contributed by atoms with van der Waals surface area (Å²) >= 11 is 0. The van der Waals surface area contributed by atoms with Crippen molar-refractivity contribution in [2.24, 2.45) is 5.92 Å². The summed E-state index contributed by atoms with van der Waals surface area (Å²) in [6.45, 7) is 7.25. The SMILES string of the molecule is C=C(C)C(=O)OC1CCC2(CC1)CC(CC)C(=O)O2. The zero-order valence-corrected chi connectivity index (χ0v) is 11.7. The highest BCUT2D eigenvalue weighted by atomic mass is 16.6. The van der Waals surface area contributed by atoms with Gasteiger partial charge in [0.2, 0.25) is 0 Å². The molecule has 1 saturated heterocycles. The third-order valence-corrected chi connectivity index (χ3v) is 4.23. The van der Waals surface area contributed by atoms with Crippen LogP contribution in [0.2, 0.25) is 0 Å². The highest BCUT2D eigenvalue weighted by Crippen LogP contribution is 2.43. The first-order valence-electron chi connectivity index (χ1n) is 7.05. The van der Waals surface area contributed by atoms with Crippen molar-refractivity contribution in [3.8, 4) is 0 Å². The van der Waals surface area contributed by atoms with E-state index in [0.717, 1.165) is 38.5 Å². The van der Waals surface area contributed by atoms with Crippen LogP contribution in [0.4, 0.5) is 0 Å². The molecule has 1 aliphatic heterocycles. The molecule has 2 fully saturated rings. The molecule has 1 unspecified atom stereocenters. The van der Waals surface area contributed by atoms with Crippen LogP contribution in [0, 0.1) is 5.92 Å². The Kier molecular flexibility index (Phi) is 3.97. The molecule has 1 spiro atoms. The van der Waals surface area contributed by atoms with E-state index in [9.17, 15) is 9.59 Å². The summed E-state index contributed by atoms with van der Waals surface area (Å²) in [4.78, 5) is 23.2. The fourth-order valence-electron chi connectivity index (χ4n) is 2.98. The van der Waals surface area contributed by atoms with Gasteiger partial charge >= 0.3 is 11.9 Å². The molecule has 0 aromatic heterocycles. The van der Waals surface area contributed by atoms with Crippen molar-refractivity contribution in [1.29, 1.82) is 0 Å². The molecule has 4 heteroatoms. The molecule has 0 amide bonds. The molecule has 2 rings (SSSR count). The standard InChI is InChI=1S/C15H22O4/c1-4-11-9-15(19-14(11)17)7-5-12(6-8-15)18-13(16)10(2)3/h11-12H,2,4-9H2,1,3H3. The van der Waals surface area contributed by atoms with E-state index in [0.29, 0.717) is 5.57 Å². The molecule has 106 valence electrons. The fourth-order valence-corrected chi connectivity index (χ4v) is 2.98. The minimum absolute atomic E-state index is 0.0505. The van der Waals surface area contributed by atoms with E-state index in [4.69, 9.17) is 9.47 Å². The molecular formula is C15H22O4. The number of carbonyl (C=O) groups is 2. The first-order chi connectivity index (χ1) is 8.96. The van der Waals surface area contributed by atoms with Crippen molar-refractivity contribution < 1.29 is 19.1 Å². The van der Waals surface area contributed by atoms with Crippen molar-refractivity contribution in [1.82, 2.24) is 0 Å². The Labute approximate surface area is 114 Å². The van der Waals surface area contributed by atoms with Gasteiger partial charge in [0.15, 0.2) is 0 Å². The lowest BCUT2D eigenvalue weighted by Crippen LogP contribution is -2.37. The number of ether oxygens (including phenoxy) is 2. The minimum Gasteiger partial charge on any atom is -0.459 e. The normalized spacial score (nSPS) is 34.1. The van der Waals surface area contributed by atoms with Gasteiger partial charge in [-0.15, -0.1) is 0 Å². The Morgan fingerprint density at radius 1 is 1.47 bits per heavy atom. The molecule has 2 aliphatic rings. The second kappa shape index (κ2) is 5.35. The van der Waals surface area contributed by atoms with Crippen LogP contribution < -0.4 is 0 Å². The summed E-state index contributed by atoms with van der Waals surface area (Å²) in [6.07, 6.45) is 4.73. The molecule has 1 aliphatic carbocycles. The third-order valence-electron chi connectivity index (χ3n) is 4.23.